The maximum atomic E-state index is 13.0. The fraction of sp³-hybridized carbons (Fsp3) is 0.350. The lowest BCUT2D eigenvalue weighted by Gasteiger charge is -2.26. The van der Waals surface area contributed by atoms with Gasteiger partial charge in [-0.15, -0.1) is 11.8 Å². The molecule has 27 heavy (non-hydrogen) atoms. The number of carbonyl (C=O) groups excluding carboxylic acids is 1. The van der Waals surface area contributed by atoms with E-state index in [2.05, 4.69) is 29.2 Å². The van der Waals surface area contributed by atoms with Crippen molar-refractivity contribution in [1.82, 2.24) is 20.1 Å². The van der Waals surface area contributed by atoms with Gasteiger partial charge in [0.15, 0.2) is 5.65 Å². The Morgan fingerprint density at radius 1 is 1.37 bits per heavy atom. The van der Waals surface area contributed by atoms with Crippen LogP contribution in [0.2, 0.25) is 5.02 Å². The summed E-state index contributed by atoms with van der Waals surface area (Å²) in [5.41, 5.74) is 3.20. The Morgan fingerprint density at radius 2 is 2.19 bits per heavy atom. The van der Waals surface area contributed by atoms with E-state index in [-0.39, 0.29) is 18.0 Å². The number of nitrogens with one attached hydrogen (secondary N) is 1. The molecule has 1 aliphatic rings. The minimum Gasteiger partial charge on any atom is -0.345 e. The van der Waals surface area contributed by atoms with Crippen molar-refractivity contribution in [2.45, 2.75) is 44.2 Å². The van der Waals surface area contributed by atoms with Crippen LogP contribution in [0.15, 0.2) is 35.4 Å². The summed E-state index contributed by atoms with van der Waals surface area (Å²) in [6.07, 6.45) is 2.65. The molecule has 1 aromatic carbocycles. The Bertz CT molecular complexity index is 1030. The van der Waals surface area contributed by atoms with Gasteiger partial charge in [-0.3, -0.25) is 4.79 Å². The highest BCUT2D eigenvalue weighted by Crippen LogP contribution is 2.37. The first-order valence-electron chi connectivity index (χ1n) is 9.02. The van der Waals surface area contributed by atoms with Crippen LogP contribution in [0.5, 0.6) is 0 Å². The molecular weight excluding hydrogens is 380 g/mol. The third-order valence-corrected chi connectivity index (χ3v) is 6.17. The van der Waals surface area contributed by atoms with Crippen LogP contribution in [0.1, 0.15) is 54.0 Å². The van der Waals surface area contributed by atoms with Gasteiger partial charge in [0.05, 0.1) is 23.5 Å². The number of carbonyl (C=O) groups is 1. The fourth-order valence-electron chi connectivity index (χ4n) is 3.42. The molecule has 0 fully saturated rings. The molecule has 5 nitrogen and oxygen atoms in total. The number of rotatable bonds is 3. The minimum absolute atomic E-state index is 0.0408. The molecule has 0 bridgehead atoms. The molecule has 3 heterocycles. The van der Waals surface area contributed by atoms with Crippen molar-refractivity contribution >= 4 is 40.3 Å². The molecule has 0 aliphatic carbocycles. The highest BCUT2D eigenvalue weighted by molar-refractivity contribution is 7.99. The van der Waals surface area contributed by atoms with Crippen LogP contribution in [0, 0.1) is 6.92 Å². The van der Waals surface area contributed by atoms with Gasteiger partial charge >= 0.3 is 0 Å². The normalized spacial score (nSPS) is 16.6. The number of fused-ring (bicyclic) bond motifs is 2. The average Bonchev–Trinajstić information content (AvgIpc) is 3.04. The van der Waals surface area contributed by atoms with E-state index in [4.69, 9.17) is 11.6 Å². The molecule has 3 aromatic rings. The third-order valence-electron chi connectivity index (χ3n) is 4.81. The van der Waals surface area contributed by atoms with Crippen LogP contribution < -0.4 is 5.32 Å². The lowest BCUT2D eigenvalue weighted by molar-refractivity contribution is 0.0934. The van der Waals surface area contributed by atoms with E-state index < -0.39 is 0 Å². The van der Waals surface area contributed by atoms with Crippen LogP contribution in [0.3, 0.4) is 0 Å². The lowest BCUT2D eigenvalue weighted by Crippen LogP contribution is -2.31. The molecule has 2 aromatic heterocycles. The Kier molecular flexibility index (Phi) is 4.86. The molecule has 0 unspecified atom stereocenters. The standard InChI is InChI=1S/C20H21ClN4OS/c1-11(2)25-19-13(10-22-25)8-15(12(3)23-19)20(26)24-17-6-7-27-18-5-4-14(21)9-16(17)18/h4-5,8-11,17H,6-7H2,1-3H3,(H,24,26)/t17-/m0/s1. The zero-order valence-electron chi connectivity index (χ0n) is 15.5. The SMILES string of the molecule is Cc1nc2c(cnn2C(C)C)cc1C(=O)N[C@H]1CCSc2ccc(Cl)cc21. The number of amides is 1. The maximum absolute atomic E-state index is 13.0. The summed E-state index contributed by atoms with van der Waals surface area (Å²) in [6, 6.07) is 7.94. The Hall–Kier alpha value is -2.05. The molecule has 0 saturated heterocycles. The smallest absolute Gasteiger partial charge is 0.253 e. The van der Waals surface area contributed by atoms with Crippen molar-refractivity contribution in [2.75, 3.05) is 5.75 Å². The van der Waals surface area contributed by atoms with Crippen molar-refractivity contribution in [3.63, 3.8) is 0 Å². The van der Waals surface area contributed by atoms with E-state index in [1.165, 1.54) is 4.90 Å². The molecule has 1 amide bonds. The topological polar surface area (TPSA) is 59.8 Å². The first-order valence-corrected chi connectivity index (χ1v) is 10.4. The van der Waals surface area contributed by atoms with Crippen molar-refractivity contribution < 1.29 is 4.79 Å². The summed E-state index contributed by atoms with van der Waals surface area (Å²) in [7, 11) is 0. The molecule has 0 spiro atoms. The van der Waals surface area contributed by atoms with Gasteiger partial charge in [0.1, 0.15) is 0 Å². The predicted octanol–water partition coefficient (Wildman–Crippen LogP) is 4.94. The highest BCUT2D eigenvalue weighted by Gasteiger charge is 2.24. The van der Waals surface area contributed by atoms with Gasteiger partial charge in [-0.25, -0.2) is 9.67 Å². The Balaban J connectivity index is 1.65. The van der Waals surface area contributed by atoms with Gasteiger partial charge in [0.25, 0.3) is 5.91 Å². The quantitative estimate of drug-likeness (QED) is 0.676. The van der Waals surface area contributed by atoms with Crippen LogP contribution in [-0.4, -0.2) is 26.4 Å². The summed E-state index contributed by atoms with van der Waals surface area (Å²) in [6.45, 7) is 6.00. The number of aryl methyl sites for hydroxylation is 1. The maximum Gasteiger partial charge on any atom is 0.253 e. The van der Waals surface area contributed by atoms with Crippen LogP contribution >= 0.6 is 23.4 Å². The van der Waals surface area contributed by atoms with E-state index in [1.54, 1.807) is 18.0 Å². The molecule has 140 valence electrons. The van der Waals surface area contributed by atoms with E-state index in [0.29, 0.717) is 16.3 Å². The summed E-state index contributed by atoms with van der Waals surface area (Å²) >= 11 is 7.97. The van der Waals surface area contributed by atoms with Gasteiger partial charge in [0.2, 0.25) is 0 Å². The van der Waals surface area contributed by atoms with Crippen molar-refractivity contribution in [2.24, 2.45) is 0 Å². The van der Waals surface area contributed by atoms with Crippen LogP contribution in [-0.2, 0) is 0 Å². The molecule has 1 aliphatic heterocycles. The number of hydrogen-bond acceptors (Lipinski definition) is 4. The molecular formula is C20H21ClN4OS. The number of halogens is 1. The summed E-state index contributed by atoms with van der Waals surface area (Å²) in [5.74, 6) is 0.860. The molecule has 7 heteroatoms. The van der Waals surface area contributed by atoms with Crippen LogP contribution in [0.4, 0.5) is 0 Å². The Morgan fingerprint density at radius 3 is 2.96 bits per heavy atom. The predicted molar refractivity (Wildman–Crippen MR) is 110 cm³/mol. The van der Waals surface area contributed by atoms with Crippen molar-refractivity contribution in [1.29, 1.82) is 0 Å². The second-order valence-corrected chi connectivity index (χ2v) is 8.64. The van der Waals surface area contributed by atoms with Gasteiger partial charge in [-0.1, -0.05) is 11.6 Å². The summed E-state index contributed by atoms with van der Waals surface area (Å²) in [4.78, 5) is 18.8. The second-order valence-electron chi connectivity index (χ2n) is 7.06. The van der Waals surface area contributed by atoms with Gasteiger partial charge in [-0.2, -0.15) is 5.10 Å². The lowest BCUT2D eigenvalue weighted by atomic mass is 10.0. The molecule has 1 N–H and O–H groups in total. The van der Waals surface area contributed by atoms with Crippen LogP contribution in [0.25, 0.3) is 11.0 Å². The number of thioether (sulfide) groups is 1. The third kappa shape index (κ3) is 3.44. The van der Waals surface area contributed by atoms with Crippen molar-refractivity contribution in [3.05, 3.63) is 52.3 Å². The second kappa shape index (κ2) is 7.17. The molecule has 0 saturated carbocycles. The number of hydrogen-bond donors (Lipinski definition) is 1. The Labute approximate surface area is 167 Å². The van der Waals surface area contributed by atoms with Gasteiger partial charge < -0.3 is 5.32 Å². The average molecular weight is 401 g/mol. The minimum atomic E-state index is -0.109. The first kappa shape index (κ1) is 18.3. The number of aromatic nitrogens is 3. The number of pyridine rings is 1. The van der Waals surface area contributed by atoms with E-state index in [9.17, 15) is 4.79 Å². The van der Waals surface area contributed by atoms with E-state index >= 15 is 0 Å². The number of nitrogens with zero attached hydrogens (tertiary/aromatic N) is 3. The van der Waals surface area contributed by atoms with E-state index in [0.717, 1.165) is 28.8 Å². The van der Waals surface area contributed by atoms with E-state index in [1.807, 2.05) is 35.9 Å². The summed E-state index contributed by atoms with van der Waals surface area (Å²) < 4.78 is 1.88. The monoisotopic (exact) mass is 400 g/mol. The molecule has 4 rings (SSSR count). The molecule has 1 atom stereocenters. The fourth-order valence-corrected chi connectivity index (χ4v) is 4.71. The summed E-state index contributed by atoms with van der Waals surface area (Å²) in [5, 5.41) is 9.14. The highest BCUT2D eigenvalue weighted by atomic mass is 35.5. The largest absolute Gasteiger partial charge is 0.345 e. The molecule has 0 radical (unpaired) electrons. The van der Waals surface area contributed by atoms with Gasteiger partial charge in [-0.05, 0) is 57.0 Å². The zero-order chi connectivity index (χ0) is 19.1. The number of benzene rings is 1. The first-order chi connectivity index (χ1) is 12.9. The zero-order valence-corrected chi connectivity index (χ0v) is 17.1. The van der Waals surface area contributed by atoms with Crippen molar-refractivity contribution in [3.8, 4) is 0 Å². The van der Waals surface area contributed by atoms with Gasteiger partial charge in [0, 0.05) is 27.1 Å².